The van der Waals surface area contributed by atoms with E-state index in [0.29, 0.717) is 22.9 Å². The van der Waals surface area contributed by atoms with E-state index >= 15 is 0 Å². The van der Waals surface area contributed by atoms with Gasteiger partial charge in [-0.15, -0.1) is 0 Å². The standard InChI is InChI=1S/C20H21NO6S/c1-4-25-18(23)10-17-21(16(22)11-28-17)7-8-26-15-6-5-14-12(2)9-19(24)27-20(14)13(15)3/h5-6,9-10H,4,7-8,11H2,1-3H3/b17-10-. The predicted octanol–water partition coefficient (Wildman–Crippen LogP) is 2.77. The van der Waals surface area contributed by atoms with Crippen molar-refractivity contribution in [2.75, 3.05) is 25.5 Å². The zero-order chi connectivity index (χ0) is 20.3. The van der Waals surface area contributed by atoms with Crippen LogP contribution in [-0.2, 0) is 14.3 Å². The van der Waals surface area contributed by atoms with Gasteiger partial charge in [0, 0.05) is 17.0 Å². The molecule has 1 aliphatic heterocycles. The van der Waals surface area contributed by atoms with Crippen molar-refractivity contribution in [2.45, 2.75) is 20.8 Å². The van der Waals surface area contributed by atoms with Gasteiger partial charge in [-0.2, -0.15) is 0 Å². The first-order valence-electron chi connectivity index (χ1n) is 8.89. The molecular formula is C20H21NO6S. The van der Waals surface area contributed by atoms with E-state index in [4.69, 9.17) is 13.9 Å². The van der Waals surface area contributed by atoms with E-state index in [-0.39, 0.29) is 24.9 Å². The fourth-order valence-electron chi connectivity index (χ4n) is 2.96. The van der Waals surface area contributed by atoms with Crippen molar-refractivity contribution in [2.24, 2.45) is 0 Å². The summed E-state index contributed by atoms with van der Waals surface area (Å²) in [6.07, 6.45) is 1.33. The van der Waals surface area contributed by atoms with Crippen LogP contribution in [0.4, 0.5) is 0 Å². The maximum atomic E-state index is 12.1. The van der Waals surface area contributed by atoms with Crippen molar-refractivity contribution in [3.05, 3.63) is 50.9 Å². The summed E-state index contributed by atoms with van der Waals surface area (Å²) in [5.41, 5.74) is 1.66. The first kappa shape index (κ1) is 20.0. The largest absolute Gasteiger partial charge is 0.491 e. The number of hydrogen-bond donors (Lipinski definition) is 0. The number of amides is 1. The summed E-state index contributed by atoms with van der Waals surface area (Å²) >= 11 is 1.30. The monoisotopic (exact) mass is 403 g/mol. The number of rotatable bonds is 6. The van der Waals surface area contributed by atoms with Crippen molar-refractivity contribution >= 4 is 34.6 Å². The van der Waals surface area contributed by atoms with Crippen LogP contribution < -0.4 is 10.4 Å². The summed E-state index contributed by atoms with van der Waals surface area (Å²) in [7, 11) is 0. The first-order valence-corrected chi connectivity index (χ1v) is 9.87. The minimum atomic E-state index is -0.471. The molecule has 1 fully saturated rings. The molecule has 1 amide bonds. The lowest BCUT2D eigenvalue weighted by Gasteiger charge is -2.18. The summed E-state index contributed by atoms with van der Waals surface area (Å²) in [6, 6.07) is 5.12. The highest BCUT2D eigenvalue weighted by atomic mass is 32.2. The highest BCUT2D eigenvalue weighted by Crippen LogP contribution is 2.30. The highest BCUT2D eigenvalue weighted by molar-refractivity contribution is 8.04. The fourth-order valence-corrected chi connectivity index (χ4v) is 3.91. The third-order valence-corrected chi connectivity index (χ3v) is 5.35. The molecule has 0 spiro atoms. The molecule has 1 aliphatic rings. The second kappa shape index (κ2) is 8.52. The second-order valence-corrected chi connectivity index (χ2v) is 7.23. The second-order valence-electron chi connectivity index (χ2n) is 6.23. The van der Waals surface area contributed by atoms with E-state index in [1.54, 1.807) is 6.92 Å². The molecule has 0 N–H and O–H groups in total. The van der Waals surface area contributed by atoms with Crippen LogP contribution in [0.3, 0.4) is 0 Å². The maximum Gasteiger partial charge on any atom is 0.336 e. The molecule has 0 aliphatic carbocycles. The minimum absolute atomic E-state index is 0.0824. The van der Waals surface area contributed by atoms with Crippen molar-refractivity contribution in [1.29, 1.82) is 0 Å². The topological polar surface area (TPSA) is 86.0 Å². The highest BCUT2D eigenvalue weighted by Gasteiger charge is 2.27. The summed E-state index contributed by atoms with van der Waals surface area (Å²) in [4.78, 5) is 36.9. The van der Waals surface area contributed by atoms with Gasteiger partial charge in [0.15, 0.2) is 0 Å². The molecule has 1 aromatic heterocycles. The van der Waals surface area contributed by atoms with Gasteiger partial charge in [0.2, 0.25) is 5.91 Å². The van der Waals surface area contributed by atoms with Crippen molar-refractivity contribution in [3.63, 3.8) is 0 Å². The number of hydrogen-bond acceptors (Lipinski definition) is 7. The Bertz CT molecular complexity index is 1010. The van der Waals surface area contributed by atoms with Gasteiger partial charge >= 0.3 is 11.6 Å². The molecule has 148 valence electrons. The van der Waals surface area contributed by atoms with E-state index in [1.165, 1.54) is 28.8 Å². The Morgan fingerprint density at radius 2 is 2.11 bits per heavy atom. The molecule has 0 saturated carbocycles. The summed E-state index contributed by atoms with van der Waals surface area (Å²) in [6.45, 7) is 6.21. The number of carbonyl (C=O) groups is 2. The molecule has 1 aromatic carbocycles. The van der Waals surface area contributed by atoms with Crippen molar-refractivity contribution < 1.29 is 23.5 Å². The van der Waals surface area contributed by atoms with Crippen molar-refractivity contribution in [3.8, 4) is 5.75 Å². The van der Waals surface area contributed by atoms with Gasteiger partial charge in [0.1, 0.15) is 17.9 Å². The Labute approximate surface area is 166 Å². The molecule has 0 radical (unpaired) electrons. The van der Waals surface area contributed by atoms with Crippen LogP contribution in [0.25, 0.3) is 11.0 Å². The lowest BCUT2D eigenvalue weighted by molar-refractivity contribution is -0.137. The molecular weight excluding hydrogens is 382 g/mol. The lowest BCUT2D eigenvalue weighted by atomic mass is 10.1. The van der Waals surface area contributed by atoms with Gasteiger partial charge in [-0.05, 0) is 38.5 Å². The van der Waals surface area contributed by atoms with Crippen LogP contribution in [0.15, 0.2) is 38.5 Å². The van der Waals surface area contributed by atoms with E-state index < -0.39 is 11.6 Å². The smallest absolute Gasteiger partial charge is 0.336 e. The molecule has 1 saturated heterocycles. The first-order chi connectivity index (χ1) is 13.4. The number of esters is 1. The average Bonchev–Trinajstić information content (AvgIpc) is 2.97. The molecule has 0 bridgehead atoms. The Morgan fingerprint density at radius 3 is 2.86 bits per heavy atom. The third kappa shape index (κ3) is 4.22. The molecule has 3 rings (SSSR count). The van der Waals surface area contributed by atoms with Crippen LogP contribution in [0.1, 0.15) is 18.1 Å². The van der Waals surface area contributed by atoms with Crippen LogP contribution in [0.5, 0.6) is 5.75 Å². The number of thioether (sulfide) groups is 1. The summed E-state index contributed by atoms with van der Waals surface area (Å²) in [5, 5.41) is 1.42. The molecule has 28 heavy (non-hydrogen) atoms. The van der Waals surface area contributed by atoms with Crippen LogP contribution in [-0.4, -0.2) is 42.3 Å². The van der Waals surface area contributed by atoms with Gasteiger partial charge in [-0.25, -0.2) is 9.59 Å². The van der Waals surface area contributed by atoms with Gasteiger partial charge in [0.25, 0.3) is 0 Å². The quantitative estimate of drug-likeness (QED) is 0.416. The zero-order valence-electron chi connectivity index (χ0n) is 15.9. The van der Waals surface area contributed by atoms with Crippen molar-refractivity contribution in [1.82, 2.24) is 4.90 Å². The molecule has 2 heterocycles. The molecule has 8 heteroatoms. The predicted molar refractivity (Wildman–Crippen MR) is 106 cm³/mol. The Balaban J connectivity index is 1.72. The van der Waals surface area contributed by atoms with E-state index in [2.05, 4.69) is 0 Å². The van der Waals surface area contributed by atoms with Gasteiger partial charge in [-0.1, -0.05) is 11.8 Å². The van der Waals surface area contributed by atoms with Gasteiger partial charge in [-0.3, -0.25) is 4.79 Å². The average molecular weight is 403 g/mol. The molecule has 7 nitrogen and oxygen atoms in total. The number of benzene rings is 1. The molecule has 0 unspecified atom stereocenters. The van der Waals surface area contributed by atoms with E-state index in [9.17, 15) is 14.4 Å². The Hall–Kier alpha value is -2.74. The normalized spacial score (nSPS) is 15.5. The summed E-state index contributed by atoms with van der Waals surface area (Å²) in [5.74, 6) is 0.309. The molecule has 2 aromatic rings. The third-order valence-electron chi connectivity index (χ3n) is 4.33. The Kier molecular flexibility index (Phi) is 6.08. The van der Waals surface area contributed by atoms with E-state index in [1.807, 2.05) is 26.0 Å². The van der Waals surface area contributed by atoms with E-state index in [0.717, 1.165) is 16.5 Å². The number of aryl methyl sites for hydroxylation is 2. The van der Waals surface area contributed by atoms with Gasteiger partial charge in [0.05, 0.1) is 30.0 Å². The maximum absolute atomic E-state index is 12.1. The number of carbonyl (C=O) groups excluding carboxylic acids is 2. The van der Waals surface area contributed by atoms with Crippen LogP contribution >= 0.6 is 11.8 Å². The SMILES string of the molecule is CCOC(=O)/C=C1\SCC(=O)N1CCOc1ccc2c(C)cc(=O)oc2c1C. The molecule has 0 atom stereocenters. The van der Waals surface area contributed by atoms with Crippen LogP contribution in [0.2, 0.25) is 0 Å². The number of fused-ring (bicyclic) bond motifs is 1. The zero-order valence-corrected chi connectivity index (χ0v) is 16.8. The minimum Gasteiger partial charge on any atom is -0.491 e. The number of nitrogens with zero attached hydrogens (tertiary/aromatic N) is 1. The van der Waals surface area contributed by atoms with Gasteiger partial charge < -0.3 is 18.8 Å². The number of ether oxygens (including phenoxy) is 2. The van der Waals surface area contributed by atoms with Crippen LogP contribution in [0, 0.1) is 13.8 Å². The fraction of sp³-hybridized carbons (Fsp3) is 0.350. The lowest BCUT2D eigenvalue weighted by Crippen LogP contribution is -2.29. The Morgan fingerprint density at radius 1 is 1.32 bits per heavy atom. The summed E-state index contributed by atoms with van der Waals surface area (Å²) < 4.78 is 16.1.